The van der Waals surface area contributed by atoms with Crippen molar-refractivity contribution in [2.24, 2.45) is 11.1 Å². The summed E-state index contributed by atoms with van der Waals surface area (Å²) in [4.78, 5) is 39.4. The van der Waals surface area contributed by atoms with Gasteiger partial charge in [0.2, 0.25) is 10.0 Å². The Morgan fingerprint density at radius 1 is 1.29 bits per heavy atom. The monoisotopic (exact) mass is 451 g/mol. The third kappa shape index (κ3) is 4.89. The number of hydrazine groups is 1. The second-order valence-electron chi connectivity index (χ2n) is 8.58. The van der Waals surface area contributed by atoms with E-state index in [-0.39, 0.29) is 17.5 Å². The van der Waals surface area contributed by atoms with Crippen molar-refractivity contribution >= 4 is 27.9 Å². The predicted molar refractivity (Wildman–Crippen MR) is 113 cm³/mol. The second-order valence-corrected chi connectivity index (χ2v) is 10.1. The van der Waals surface area contributed by atoms with E-state index in [1.165, 1.54) is 12.1 Å². The highest BCUT2D eigenvalue weighted by Gasteiger charge is 2.52. The molecule has 11 heteroatoms. The highest BCUT2D eigenvalue weighted by Crippen LogP contribution is 2.35. The molecule has 1 heterocycles. The van der Waals surface area contributed by atoms with E-state index in [1.807, 2.05) is 6.92 Å². The van der Waals surface area contributed by atoms with Crippen molar-refractivity contribution in [1.29, 1.82) is 0 Å². The lowest BCUT2D eigenvalue weighted by Crippen LogP contribution is -2.52. The maximum Gasteiger partial charge on any atom is 0.344 e. The van der Waals surface area contributed by atoms with Gasteiger partial charge in [-0.05, 0) is 63.3 Å². The number of benzene rings is 1. The molecule has 1 aromatic rings. The number of imide groups is 1. The van der Waals surface area contributed by atoms with Gasteiger partial charge in [0.05, 0.1) is 11.4 Å². The molecule has 2 fully saturated rings. The lowest BCUT2D eigenvalue weighted by atomic mass is 9.77. The molecule has 3 rings (SSSR count). The standard InChI is InChI=1S/C20H29N5O5S/c1-13-8-10-20(11-9-13)18(27)25(19(28)22-20)23-17(26)12-24(3)14(2)15-4-6-16(7-5-15)31(21,29)30/h4-7,13-14H,8-12H2,1-3H3,(H,22,28)(H,23,26)(H2,21,29,30). The number of nitrogens with zero attached hydrogens (tertiary/aromatic N) is 2. The van der Waals surface area contributed by atoms with Crippen LogP contribution in [0.4, 0.5) is 4.79 Å². The van der Waals surface area contributed by atoms with Gasteiger partial charge in [0.1, 0.15) is 5.54 Å². The Balaban J connectivity index is 1.60. The molecule has 1 aliphatic heterocycles. The molecule has 31 heavy (non-hydrogen) atoms. The van der Waals surface area contributed by atoms with Gasteiger partial charge in [-0.1, -0.05) is 19.1 Å². The summed E-state index contributed by atoms with van der Waals surface area (Å²) in [5.74, 6) is -0.402. The smallest absolute Gasteiger partial charge is 0.322 e. The maximum absolute atomic E-state index is 12.8. The highest BCUT2D eigenvalue weighted by molar-refractivity contribution is 7.89. The summed E-state index contributed by atoms with van der Waals surface area (Å²) in [5, 5.41) is 8.66. The molecule has 1 saturated carbocycles. The largest absolute Gasteiger partial charge is 0.344 e. The number of amides is 4. The van der Waals surface area contributed by atoms with Crippen LogP contribution in [0.1, 0.15) is 51.1 Å². The summed E-state index contributed by atoms with van der Waals surface area (Å²) in [7, 11) is -2.06. The summed E-state index contributed by atoms with van der Waals surface area (Å²) in [6, 6.07) is 5.24. The summed E-state index contributed by atoms with van der Waals surface area (Å²) in [6.07, 6.45) is 2.82. The number of sulfonamides is 1. The first-order valence-corrected chi connectivity index (χ1v) is 11.8. The van der Waals surface area contributed by atoms with E-state index in [9.17, 15) is 22.8 Å². The fraction of sp³-hybridized carbons (Fsp3) is 0.550. The molecule has 4 N–H and O–H groups in total. The number of hydrogen-bond donors (Lipinski definition) is 3. The van der Waals surface area contributed by atoms with E-state index >= 15 is 0 Å². The Morgan fingerprint density at radius 3 is 2.42 bits per heavy atom. The number of urea groups is 1. The maximum atomic E-state index is 12.8. The molecular formula is C20H29N5O5S. The number of likely N-dealkylation sites (N-methyl/N-ethyl adjacent to an activating group) is 1. The average molecular weight is 452 g/mol. The zero-order valence-electron chi connectivity index (χ0n) is 17.9. The van der Waals surface area contributed by atoms with Crippen molar-refractivity contribution < 1.29 is 22.8 Å². The minimum Gasteiger partial charge on any atom is -0.322 e. The topological polar surface area (TPSA) is 142 Å². The van der Waals surface area contributed by atoms with E-state index in [2.05, 4.69) is 17.7 Å². The number of carbonyl (C=O) groups excluding carboxylic acids is 3. The highest BCUT2D eigenvalue weighted by atomic mass is 32.2. The van der Waals surface area contributed by atoms with Crippen LogP contribution in [0.25, 0.3) is 0 Å². The summed E-state index contributed by atoms with van der Waals surface area (Å²) >= 11 is 0. The molecule has 10 nitrogen and oxygen atoms in total. The van der Waals surface area contributed by atoms with Crippen LogP contribution in [0.15, 0.2) is 29.2 Å². The first kappa shape index (κ1) is 23.2. The van der Waals surface area contributed by atoms with Gasteiger partial charge in [-0.25, -0.2) is 18.4 Å². The van der Waals surface area contributed by atoms with Gasteiger partial charge < -0.3 is 5.32 Å². The Kier molecular flexibility index (Phi) is 6.40. The molecule has 1 atom stereocenters. The van der Waals surface area contributed by atoms with Crippen molar-refractivity contribution in [2.75, 3.05) is 13.6 Å². The first-order valence-electron chi connectivity index (χ1n) is 10.2. The fourth-order valence-electron chi connectivity index (χ4n) is 4.03. The van der Waals surface area contributed by atoms with E-state index < -0.39 is 33.4 Å². The minimum absolute atomic E-state index is 0.00781. The molecule has 170 valence electrons. The fourth-order valence-corrected chi connectivity index (χ4v) is 4.55. The number of nitrogens with one attached hydrogen (secondary N) is 2. The van der Waals surface area contributed by atoms with Gasteiger partial charge in [-0.2, -0.15) is 5.01 Å². The van der Waals surface area contributed by atoms with Crippen LogP contribution in [-0.2, 0) is 19.6 Å². The quantitative estimate of drug-likeness (QED) is 0.548. The van der Waals surface area contributed by atoms with Crippen molar-refractivity contribution in [1.82, 2.24) is 20.7 Å². The molecular weight excluding hydrogens is 422 g/mol. The average Bonchev–Trinajstić information content (AvgIpc) is 2.93. The number of hydrogen-bond acceptors (Lipinski definition) is 6. The summed E-state index contributed by atoms with van der Waals surface area (Å²) in [6.45, 7) is 3.90. The van der Waals surface area contributed by atoms with Gasteiger partial charge in [0.15, 0.2) is 0 Å². The molecule has 1 unspecified atom stereocenters. The number of nitrogens with two attached hydrogens (primary N) is 1. The lowest BCUT2D eigenvalue weighted by molar-refractivity contribution is -0.140. The molecule has 2 aliphatic rings. The zero-order chi connectivity index (χ0) is 23.0. The van der Waals surface area contributed by atoms with Gasteiger partial charge in [-0.3, -0.25) is 19.9 Å². The number of primary sulfonamides is 1. The van der Waals surface area contributed by atoms with Crippen LogP contribution in [0.2, 0.25) is 0 Å². The molecule has 4 amide bonds. The third-order valence-electron chi connectivity index (χ3n) is 6.27. The van der Waals surface area contributed by atoms with E-state index in [0.29, 0.717) is 18.8 Å². The van der Waals surface area contributed by atoms with Crippen LogP contribution in [0.5, 0.6) is 0 Å². The van der Waals surface area contributed by atoms with Crippen LogP contribution in [-0.4, -0.2) is 55.3 Å². The summed E-state index contributed by atoms with van der Waals surface area (Å²) in [5.41, 5.74) is 2.29. The van der Waals surface area contributed by atoms with Crippen molar-refractivity contribution in [3.63, 3.8) is 0 Å². The number of rotatable bonds is 6. The van der Waals surface area contributed by atoms with E-state index in [1.54, 1.807) is 24.1 Å². The third-order valence-corrected chi connectivity index (χ3v) is 7.20. The number of carbonyl (C=O) groups is 3. The van der Waals surface area contributed by atoms with Crippen LogP contribution >= 0.6 is 0 Å². The molecule has 0 radical (unpaired) electrons. The van der Waals surface area contributed by atoms with Crippen LogP contribution in [0.3, 0.4) is 0 Å². The molecule has 1 aromatic carbocycles. The molecule has 0 bridgehead atoms. The van der Waals surface area contributed by atoms with Crippen LogP contribution in [0, 0.1) is 5.92 Å². The van der Waals surface area contributed by atoms with Crippen molar-refractivity contribution in [3.05, 3.63) is 29.8 Å². The Hall–Kier alpha value is -2.50. The molecule has 1 saturated heterocycles. The Morgan fingerprint density at radius 2 is 1.87 bits per heavy atom. The van der Waals surface area contributed by atoms with Gasteiger partial charge >= 0.3 is 6.03 Å². The molecule has 1 spiro atoms. The summed E-state index contributed by atoms with van der Waals surface area (Å²) < 4.78 is 22.8. The van der Waals surface area contributed by atoms with Crippen molar-refractivity contribution in [3.8, 4) is 0 Å². The SMILES string of the molecule is CC1CCC2(CC1)NC(=O)N(NC(=O)CN(C)C(C)c1ccc(S(N)(=O)=O)cc1)C2=O. The molecule has 0 aromatic heterocycles. The van der Waals surface area contributed by atoms with Crippen LogP contribution < -0.4 is 15.9 Å². The van der Waals surface area contributed by atoms with E-state index in [0.717, 1.165) is 23.4 Å². The van der Waals surface area contributed by atoms with Gasteiger partial charge in [-0.15, -0.1) is 0 Å². The Labute approximate surface area is 182 Å². The van der Waals surface area contributed by atoms with Gasteiger partial charge in [0.25, 0.3) is 11.8 Å². The molecule has 1 aliphatic carbocycles. The predicted octanol–water partition coefficient (Wildman–Crippen LogP) is 0.859. The Bertz CT molecular complexity index is 970. The normalized spacial score (nSPS) is 25.1. The minimum atomic E-state index is -3.78. The van der Waals surface area contributed by atoms with Gasteiger partial charge in [0, 0.05) is 6.04 Å². The lowest BCUT2D eigenvalue weighted by Gasteiger charge is -2.33. The van der Waals surface area contributed by atoms with Crippen molar-refractivity contribution in [2.45, 2.75) is 56.0 Å². The second kappa shape index (κ2) is 8.56. The zero-order valence-corrected chi connectivity index (χ0v) is 18.7. The first-order chi connectivity index (χ1) is 14.4. The van der Waals surface area contributed by atoms with E-state index in [4.69, 9.17) is 5.14 Å².